The molecule has 1 aliphatic rings. The number of fused-ring (bicyclic) bond motifs is 1. The summed E-state index contributed by atoms with van der Waals surface area (Å²) in [7, 11) is 1.79. The van der Waals surface area contributed by atoms with E-state index in [-0.39, 0.29) is 36.9 Å². The first-order valence-electron chi connectivity index (χ1n) is 9.53. The van der Waals surface area contributed by atoms with Crippen LogP contribution in [0, 0.1) is 0 Å². The van der Waals surface area contributed by atoms with Gasteiger partial charge in [0.1, 0.15) is 5.52 Å². The maximum atomic E-state index is 12.5. The van der Waals surface area contributed by atoms with E-state index in [1.165, 1.54) is 0 Å². The number of amides is 2. The van der Waals surface area contributed by atoms with Crippen LogP contribution < -0.4 is 5.32 Å². The Balaban J connectivity index is 1.48. The number of likely N-dealkylation sites (tertiary alicyclic amines) is 1. The fraction of sp³-hybridized carbons (Fsp3) is 0.550. The Morgan fingerprint density at radius 1 is 1.26 bits per heavy atom. The monoisotopic (exact) mass is 372 g/mol. The molecule has 0 bridgehead atoms. The quantitative estimate of drug-likeness (QED) is 0.839. The van der Waals surface area contributed by atoms with Crippen molar-refractivity contribution in [1.29, 1.82) is 0 Å². The number of likely N-dealkylation sites (N-methyl/N-ethyl adjacent to an activating group) is 1. The zero-order valence-corrected chi connectivity index (χ0v) is 16.3. The third kappa shape index (κ3) is 5.07. The van der Waals surface area contributed by atoms with Gasteiger partial charge in [0.15, 0.2) is 11.5 Å². The van der Waals surface area contributed by atoms with Crippen LogP contribution in [0.4, 0.5) is 0 Å². The van der Waals surface area contributed by atoms with Gasteiger partial charge in [0.2, 0.25) is 11.8 Å². The molecule has 1 aromatic heterocycles. The molecule has 1 saturated heterocycles. The molecule has 7 nitrogen and oxygen atoms in total. The van der Waals surface area contributed by atoms with E-state index < -0.39 is 0 Å². The number of carbonyl (C=O) groups excluding carboxylic acids is 2. The summed E-state index contributed by atoms with van der Waals surface area (Å²) >= 11 is 0. The van der Waals surface area contributed by atoms with Gasteiger partial charge < -0.3 is 14.6 Å². The van der Waals surface area contributed by atoms with Crippen molar-refractivity contribution in [3.8, 4) is 0 Å². The summed E-state index contributed by atoms with van der Waals surface area (Å²) < 4.78 is 5.88. The van der Waals surface area contributed by atoms with E-state index in [1.807, 2.05) is 43.0 Å². The third-order valence-electron chi connectivity index (χ3n) is 4.78. The van der Waals surface area contributed by atoms with Gasteiger partial charge in [-0.15, -0.1) is 0 Å². The number of aromatic nitrogens is 1. The van der Waals surface area contributed by atoms with Crippen molar-refractivity contribution in [2.75, 3.05) is 33.2 Å². The fourth-order valence-corrected chi connectivity index (χ4v) is 3.44. The smallest absolute Gasteiger partial charge is 0.236 e. The largest absolute Gasteiger partial charge is 0.440 e. The predicted octanol–water partition coefficient (Wildman–Crippen LogP) is 1.99. The third-order valence-corrected chi connectivity index (χ3v) is 4.78. The number of oxazole rings is 1. The van der Waals surface area contributed by atoms with Gasteiger partial charge in [-0.3, -0.25) is 14.5 Å². The van der Waals surface area contributed by atoms with Crippen LogP contribution in [-0.2, 0) is 9.59 Å². The van der Waals surface area contributed by atoms with Gasteiger partial charge in [-0.05, 0) is 45.9 Å². The fourth-order valence-electron chi connectivity index (χ4n) is 3.44. The maximum Gasteiger partial charge on any atom is 0.236 e. The van der Waals surface area contributed by atoms with Gasteiger partial charge in [0.25, 0.3) is 0 Å². The molecule has 0 unspecified atom stereocenters. The van der Waals surface area contributed by atoms with E-state index in [4.69, 9.17) is 4.42 Å². The SMILES string of the molecule is CC(C)NC(=O)CN(C)CC(=O)N1CCC(c2nc3ccccc3o2)CC1. The van der Waals surface area contributed by atoms with Gasteiger partial charge in [-0.2, -0.15) is 0 Å². The predicted molar refractivity (Wildman–Crippen MR) is 103 cm³/mol. The van der Waals surface area contributed by atoms with Crippen molar-refractivity contribution in [2.45, 2.75) is 38.6 Å². The Labute approximate surface area is 159 Å². The molecule has 0 saturated carbocycles. The summed E-state index contributed by atoms with van der Waals surface area (Å²) in [6.45, 7) is 5.69. The topological polar surface area (TPSA) is 78.7 Å². The molecule has 27 heavy (non-hydrogen) atoms. The summed E-state index contributed by atoms with van der Waals surface area (Å²) in [5.41, 5.74) is 1.69. The second kappa shape index (κ2) is 8.52. The lowest BCUT2D eigenvalue weighted by atomic mass is 9.97. The number of nitrogens with one attached hydrogen (secondary N) is 1. The number of piperidine rings is 1. The lowest BCUT2D eigenvalue weighted by Crippen LogP contribution is -2.45. The molecule has 1 fully saturated rings. The Morgan fingerprint density at radius 2 is 1.96 bits per heavy atom. The highest BCUT2D eigenvalue weighted by molar-refractivity contribution is 5.81. The van der Waals surface area contributed by atoms with E-state index in [9.17, 15) is 9.59 Å². The molecule has 3 rings (SSSR count). The average molecular weight is 372 g/mol. The lowest BCUT2D eigenvalue weighted by molar-refractivity contribution is -0.133. The van der Waals surface area contributed by atoms with Gasteiger partial charge >= 0.3 is 0 Å². The number of rotatable bonds is 6. The van der Waals surface area contributed by atoms with Crippen molar-refractivity contribution >= 4 is 22.9 Å². The van der Waals surface area contributed by atoms with Crippen LogP contribution in [0.5, 0.6) is 0 Å². The number of hydrogen-bond donors (Lipinski definition) is 1. The molecule has 1 N–H and O–H groups in total. The summed E-state index contributed by atoms with van der Waals surface area (Å²) in [6.07, 6.45) is 1.69. The first-order valence-corrected chi connectivity index (χ1v) is 9.53. The highest BCUT2D eigenvalue weighted by Crippen LogP contribution is 2.29. The Bertz CT molecular complexity index is 760. The molecule has 1 aliphatic heterocycles. The zero-order chi connectivity index (χ0) is 19.4. The second-order valence-corrected chi connectivity index (χ2v) is 7.57. The number of hydrogen-bond acceptors (Lipinski definition) is 5. The number of nitrogens with zero attached hydrogens (tertiary/aromatic N) is 3. The number of carbonyl (C=O) groups is 2. The highest BCUT2D eigenvalue weighted by Gasteiger charge is 2.27. The normalized spacial score (nSPS) is 15.7. The average Bonchev–Trinajstić information content (AvgIpc) is 3.05. The molecular weight excluding hydrogens is 344 g/mol. The van der Waals surface area contributed by atoms with Gasteiger partial charge in [0, 0.05) is 25.0 Å². The van der Waals surface area contributed by atoms with Crippen molar-refractivity contribution in [3.05, 3.63) is 30.2 Å². The lowest BCUT2D eigenvalue weighted by Gasteiger charge is -2.31. The minimum Gasteiger partial charge on any atom is -0.440 e. The molecule has 146 valence electrons. The number of benzene rings is 1. The van der Waals surface area contributed by atoms with E-state index in [0.29, 0.717) is 13.1 Å². The standard InChI is InChI=1S/C20H28N4O3/c1-14(2)21-18(25)12-23(3)13-19(26)24-10-8-15(9-11-24)20-22-16-6-4-5-7-17(16)27-20/h4-7,14-15H,8-13H2,1-3H3,(H,21,25). The molecule has 0 radical (unpaired) electrons. The molecule has 0 atom stereocenters. The minimum absolute atomic E-state index is 0.0602. The Hall–Kier alpha value is -2.41. The first-order chi connectivity index (χ1) is 12.9. The van der Waals surface area contributed by atoms with Crippen molar-refractivity contribution in [3.63, 3.8) is 0 Å². The summed E-state index contributed by atoms with van der Waals surface area (Å²) in [4.78, 5) is 32.5. The van der Waals surface area contributed by atoms with Crippen molar-refractivity contribution < 1.29 is 14.0 Å². The van der Waals surface area contributed by atoms with Crippen molar-refractivity contribution in [1.82, 2.24) is 20.1 Å². The van der Waals surface area contributed by atoms with Crippen LogP contribution in [0.3, 0.4) is 0 Å². The molecule has 0 aliphatic carbocycles. The second-order valence-electron chi connectivity index (χ2n) is 7.57. The van der Waals surface area contributed by atoms with E-state index in [1.54, 1.807) is 11.9 Å². The zero-order valence-electron chi connectivity index (χ0n) is 16.3. The highest BCUT2D eigenvalue weighted by atomic mass is 16.3. The van der Waals surface area contributed by atoms with Crippen molar-refractivity contribution in [2.24, 2.45) is 0 Å². The van der Waals surface area contributed by atoms with Crippen LogP contribution >= 0.6 is 0 Å². The first kappa shape index (κ1) is 19.4. The Morgan fingerprint density at radius 3 is 2.63 bits per heavy atom. The van der Waals surface area contributed by atoms with Crippen LogP contribution in [0.15, 0.2) is 28.7 Å². The molecule has 2 amide bonds. The van der Waals surface area contributed by atoms with Gasteiger partial charge in [0.05, 0.1) is 13.1 Å². The molecule has 2 aromatic rings. The van der Waals surface area contributed by atoms with Gasteiger partial charge in [-0.1, -0.05) is 12.1 Å². The Kier molecular flexibility index (Phi) is 6.11. The van der Waals surface area contributed by atoms with Crippen LogP contribution in [0.1, 0.15) is 38.5 Å². The van der Waals surface area contributed by atoms with Crippen LogP contribution in [0.2, 0.25) is 0 Å². The van der Waals surface area contributed by atoms with Crippen LogP contribution in [-0.4, -0.2) is 65.9 Å². The maximum absolute atomic E-state index is 12.5. The summed E-state index contributed by atoms with van der Waals surface area (Å²) in [5.74, 6) is 1.02. The van der Waals surface area contributed by atoms with E-state index in [0.717, 1.165) is 29.8 Å². The van der Waals surface area contributed by atoms with E-state index >= 15 is 0 Å². The molecular formula is C20H28N4O3. The number of para-hydroxylation sites is 2. The molecule has 1 aromatic carbocycles. The summed E-state index contributed by atoms with van der Waals surface area (Å²) in [6, 6.07) is 7.87. The molecule has 7 heteroatoms. The summed E-state index contributed by atoms with van der Waals surface area (Å²) in [5, 5.41) is 2.84. The van der Waals surface area contributed by atoms with Gasteiger partial charge in [-0.25, -0.2) is 4.98 Å². The minimum atomic E-state index is -0.0602. The molecule has 2 heterocycles. The van der Waals surface area contributed by atoms with E-state index in [2.05, 4.69) is 10.3 Å². The molecule has 0 spiro atoms. The van der Waals surface area contributed by atoms with Crippen LogP contribution in [0.25, 0.3) is 11.1 Å².